The third-order valence-corrected chi connectivity index (χ3v) is 3.79. The highest BCUT2D eigenvalue weighted by molar-refractivity contribution is 5.98. The van der Waals surface area contributed by atoms with Crippen molar-refractivity contribution in [2.24, 2.45) is 0 Å². The molecular formula is C17H17N5O. The molecule has 4 rings (SSSR count). The fourth-order valence-corrected chi connectivity index (χ4v) is 2.71. The number of para-hydroxylation sites is 1. The molecule has 0 bridgehead atoms. The minimum absolute atomic E-state index is 0.233. The van der Waals surface area contributed by atoms with Gasteiger partial charge in [0.05, 0.1) is 10.9 Å². The van der Waals surface area contributed by atoms with E-state index in [9.17, 15) is 0 Å². The largest absolute Gasteiger partial charge is 0.454 e. The number of aromatic nitrogens is 4. The topological polar surface area (TPSA) is 82.8 Å². The Morgan fingerprint density at radius 1 is 1.13 bits per heavy atom. The summed E-state index contributed by atoms with van der Waals surface area (Å²) in [6, 6.07) is 9.83. The highest BCUT2D eigenvalue weighted by Gasteiger charge is 2.25. The lowest BCUT2D eigenvalue weighted by Gasteiger charge is -2.19. The first-order valence-corrected chi connectivity index (χ1v) is 7.44. The van der Waals surface area contributed by atoms with E-state index in [4.69, 9.17) is 15.2 Å². The lowest BCUT2D eigenvalue weighted by atomic mass is 10.1. The lowest BCUT2D eigenvalue weighted by Crippen LogP contribution is -2.23. The Morgan fingerprint density at radius 2 is 1.91 bits per heavy atom. The van der Waals surface area contributed by atoms with Crippen LogP contribution in [0.4, 0.5) is 5.82 Å². The van der Waals surface area contributed by atoms with Gasteiger partial charge in [0, 0.05) is 5.39 Å². The Morgan fingerprint density at radius 3 is 2.65 bits per heavy atom. The Kier molecular flexibility index (Phi) is 2.72. The average Bonchev–Trinajstić information content (AvgIpc) is 3.08. The third kappa shape index (κ3) is 2.06. The van der Waals surface area contributed by atoms with Crippen LogP contribution in [0.3, 0.4) is 0 Å². The van der Waals surface area contributed by atoms with Crippen LogP contribution in [0.1, 0.15) is 20.8 Å². The van der Waals surface area contributed by atoms with Crippen LogP contribution in [0.25, 0.3) is 33.5 Å². The summed E-state index contributed by atoms with van der Waals surface area (Å²) in [5.74, 6) is 1.07. The first-order chi connectivity index (χ1) is 10.9. The molecule has 0 fully saturated rings. The molecule has 0 atom stereocenters. The second-order valence-corrected chi connectivity index (χ2v) is 6.54. The molecule has 0 unspecified atom stereocenters. The lowest BCUT2D eigenvalue weighted by molar-refractivity contribution is 0.366. The van der Waals surface area contributed by atoms with Crippen LogP contribution in [0.2, 0.25) is 0 Å². The zero-order valence-electron chi connectivity index (χ0n) is 13.2. The summed E-state index contributed by atoms with van der Waals surface area (Å²) in [5.41, 5.74) is 8.06. The molecule has 0 aliphatic rings. The summed E-state index contributed by atoms with van der Waals surface area (Å²) in [4.78, 5) is 8.49. The van der Waals surface area contributed by atoms with Crippen molar-refractivity contribution in [3.63, 3.8) is 0 Å². The Labute approximate surface area is 132 Å². The van der Waals surface area contributed by atoms with Crippen LogP contribution in [0.15, 0.2) is 41.1 Å². The normalized spacial score (nSPS) is 12.3. The molecule has 2 N–H and O–H groups in total. The van der Waals surface area contributed by atoms with Gasteiger partial charge < -0.3 is 10.2 Å². The summed E-state index contributed by atoms with van der Waals surface area (Å²) < 4.78 is 7.82. The van der Waals surface area contributed by atoms with E-state index in [2.05, 4.69) is 30.7 Å². The molecule has 0 saturated carbocycles. The van der Waals surface area contributed by atoms with Gasteiger partial charge in [-0.1, -0.05) is 18.2 Å². The van der Waals surface area contributed by atoms with E-state index >= 15 is 0 Å². The van der Waals surface area contributed by atoms with Gasteiger partial charge in [0.25, 0.3) is 0 Å². The van der Waals surface area contributed by atoms with Crippen LogP contribution in [0.5, 0.6) is 0 Å². The monoisotopic (exact) mass is 307 g/mol. The van der Waals surface area contributed by atoms with E-state index in [1.807, 2.05) is 35.0 Å². The summed E-state index contributed by atoms with van der Waals surface area (Å²) in [6.07, 6.45) is 1.46. The number of rotatable bonds is 1. The van der Waals surface area contributed by atoms with Gasteiger partial charge in [-0.2, -0.15) is 5.10 Å². The maximum Gasteiger partial charge on any atom is 0.164 e. The molecule has 0 saturated heterocycles. The minimum Gasteiger partial charge on any atom is -0.454 e. The summed E-state index contributed by atoms with van der Waals surface area (Å²) >= 11 is 0. The van der Waals surface area contributed by atoms with Gasteiger partial charge in [0.1, 0.15) is 23.4 Å². The molecule has 0 spiro atoms. The molecule has 3 heterocycles. The molecule has 0 amide bonds. The van der Waals surface area contributed by atoms with Crippen LogP contribution < -0.4 is 5.73 Å². The van der Waals surface area contributed by atoms with Gasteiger partial charge >= 0.3 is 0 Å². The van der Waals surface area contributed by atoms with Crippen molar-refractivity contribution >= 4 is 27.8 Å². The summed E-state index contributed by atoms with van der Waals surface area (Å²) in [7, 11) is 0. The van der Waals surface area contributed by atoms with Crippen LogP contribution in [-0.4, -0.2) is 19.7 Å². The van der Waals surface area contributed by atoms with Gasteiger partial charge in [-0.05, 0) is 32.9 Å². The van der Waals surface area contributed by atoms with Crippen molar-refractivity contribution in [2.75, 3.05) is 5.73 Å². The number of hydrogen-bond acceptors (Lipinski definition) is 5. The number of nitrogens with two attached hydrogens (primary N) is 1. The quantitative estimate of drug-likeness (QED) is 0.581. The van der Waals surface area contributed by atoms with E-state index in [1.54, 1.807) is 0 Å². The highest BCUT2D eigenvalue weighted by Crippen LogP contribution is 2.35. The molecule has 6 nitrogen and oxygen atoms in total. The molecular weight excluding hydrogens is 290 g/mol. The van der Waals surface area contributed by atoms with E-state index in [0.29, 0.717) is 22.9 Å². The molecule has 0 aliphatic heterocycles. The zero-order chi connectivity index (χ0) is 16.2. The van der Waals surface area contributed by atoms with Crippen molar-refractivity contribution < 1.29 is 4.42 Å². The molecule has 23 heavy (non-hydrogen) atoms. The van der Waals surface area contributed by atoms with Gasteiger partial charge in [-0.3, -0.25) is 0 Å². The number of anilines is 1. The number of benzene rings is 1. The molecule has 1 aromatic carbocycles. The molecule has 0 aliphatic carbocycles. The van der Waals surface area contributed by atoms with Crippen molar-refractivity contribution in [3.8, 4) is 11.5 Å². The first kappa shape index (κ1) is 13.8. The van der Waals surface area contributed by atoms with E-state index in [-0.39, 0.29) is 5.54 Å². The first-order valence-electron chi connectivity index (χ1n) is 7.44. The Hall–Kier alpha value is -2.89. The van der Waals surface area contributed by atoms with E-state index < -0.39 is 0 Å². The van der Waals surface area contributed by atoms with Gasteiger partial charge in [-0.15, -0.1) is 0 Å². The average molecular weight is 307 g/mol. The molecule has 4 aromatic rings. The number of fused-ring (bicyclic) bond motifs is 2. The van der Waals surface area contributed by atoms with Crippen molar-refractivity contribution in [2.45, 2.75) is 26.3 Å². The fourth-order valence-electron chi connectivity index (χ4n) is 2.71. The van der Waals surface area contributed by atoms with E-state index in [1.165, 1.54) is 6.33 Å². The summed E-state index contributed by atoms with van der Waals surface area (Å²) in [5, 5.41) is 6.48. The van der Waals surface area contributed by atoms with Crippen molar-refractivity contribution in [1.82, 2.24) is 19.7 Å². The van der Waals surface area contributed by atoms with Crippen LogP contribution in [0, 0.1) is 0 Å². The highest BCUT2D eigenvalue weighted by atomic mass is 16.3. The number of nitrogen functional groups attached to an aromatic ring is 1. The molecule has 116 valence electrons. The maximum atomic E-state index is 6.10. The van der Waals surface area contributed by atoms with Crippen molar-refractivity contribution in [1.29, 1.82) is 0 Å². The van der Waals surface area contributed by atoms with Crippen LogP contribution >= 0.6 is 0 Å². The second kappa shape index (κ2) is 4.55. The number of nitrogens with zero attached hydrogens (tertiary/aromatic N) is 4. The second-order valence-electron chi connectivity index (χ2n) is 6.54. The van der Waals surface area contributed by atoms with E-state index in [0.717, 1.165) is 16.4 Å². The molecule has 0 radical (unpaired) electrons. The summed E-state index contributed by atoms with van der Waals surface area (Å²) in [6.45, 7) is 6.21. The minimum atomic E-state index is -0.233. The Bertz CT molecular complexity index is 989. The number of hydrogen-bond donors (Lipinski definition) is 1. The molecule has 6 heteroatoms. The fraction of sp³-hybridized carbons (Fsp3) is 0.235. The maximum absolute atomic E-state index is 6.10. The predicted molar refractivity (Wildman–Crippen MR) is 89.9 cm³/mol. The predicted octanol–water partition coefficient (Wildman–Crippen LogP) is 3.58. The number of furan rings is 1. The van der Waals surface area contributed by atoms with Crippen LogP contribution in [-0.2, 0) is 5.54 Å². The zero-order valence-corrected chi connectivity index (χ0v) is 13.2. The smallest absolute Gasteiger partial charge is 0.164 e. The molecule has 3 aromatic heterocycles. The van der Waals surface area contributed by atoms with Gasteiger partial charge in [-0.25, -0.2) is 14.6 Å². The van der Waals surface area contributed by atoms with Gasteiger partial charge in [0.2, 0.25) is 0 Å². The van der Waals surface area contributed by atoms with Gasteiger partial charge in [0.15, 0.2) is 11.4 Å². The third-order valence-electron chi connectivity index (χ3n) is 3.79. The Balaban J connectivity index is 2.07. The standard InChI is InChI=1S/C17H17N5O/c1-17(2,3)22-16-13(15(18)19-9-20-16)14(21-22)12-8-10-6-4-5-7-11(10)23-12/h4-9H,1-3H3,(H2,18,19,20). The van der Waals surface area contributed by atoms with Crippen molar-refractivity contribution in [3.05, 3.63) is 36.7 Å². The SMILES string of the molecule is CC(C)(C)n1nc(-c2cc3ccccc3o2)c2c(N)ncnc21.